The third kappa shape index (κ3) is 4.06. The summed E-state index contributed by atoms with van der Waals surface area (Å²) in [5.41, 5.74) is 0. The van der Waals surface area contributed by atoms with Gasteiger partial charge in [-0.3, -0.25) is 0 Å². The highest BCUT2D eigenvalue weighted by Crippen LogP contribution is 2.22. The van der Waals surface area contributed by atoms with Gasteiger partial charge in [-0.1, -0.05) is 25.7 Å². The monoisotopic (exact) mass is 224 g/mol. The second-order valence-corrected chi connectivity index (χ2v) is 5.87. The van der Waals surface area contributed by atoms with Gasteiger partial charge in [-0.15, -0.1) is 0 Å². The fraction of sp³-hybridized carbons (Fsp3) is 1.00. The summed E-state index contributed by atoms with van der Waals surface area (Å²) in [6, 6.07) is 0.766. The number of piperidine rings is 1. The number of nitrogens with zero attached hydrogens (tertiary/aromatic N) is 1. The van der Waals surface area contributed by atoms with Crippen LogP contribution in [0.2, 0.25) is 0 Å². The van der Waals surface area contributed by atoms with Crippen LogP contribution in [0.4, 0.5) is 0 Å². The molecule has 0 radical (unpaired) electrons. The molecule has 1 aliphatic heterocycles. The molecule has 16 heavy (non-hydrogen) atoms. The molecule has 1 atom stereocenters. The minimum atomic E-state index is 0.766. The third-order valence-electron chi connectivity index (χ3n) is 4.29. The Labute approximate surface area is 101 Å². The standard InChI is InChI=1S/C14H28N2/c1-16-10-6-9-14(12-16)15-11-13-7-4-2-3-5-8-13/h13-15H,2-12H2,1H3. The summed E-state index contributed by atoms with van der Waals surface area (Å²) in [6.07, 6.45) is 11.6. The molecule has 1 saturated carbocycles. The summed E-state index contributed by atoms with van der Waals surface area (Å²) in [4.78, 5) is 2.47. The molecule has 1 N–H and O–H groups in total. The van der Waals surface area contributed by atoms with Gasteiger partial charge >= 0.3 is 0 Å². The maximum Gasteiger partial charge on any atom is 0.0195 e. The Balaban J connectivity index is 1.65. The Kier molecular flexibility index (Phi) is 5.11. The molecule has 2 fully saturated rings. The van der Waals surface area contributed by atoms with Crippen molar-refractivity contribution >= 4 is 0 Å². The smallest absolute Gasteiger partial charge is 0.0195 e. The molecular weight excluding hydrogens is 196 g/mol. The van der Waals surface area contributed by atoms with Gasteiger partial charge in [0.25, 0.3) is 0 Å². The van der Waals surface area contributed by atoms with Crippen molar-refractivity contribution in [3.63, 3.8) is 0 Å². The normalized spacial score (nSPS) is 30.2. The summed E-state index contributed by atoms with van der Waals surface area (Å²) in [5, 5.41) is 3.81. The summed E-state index contributed by atoms with van der Waals surface area (Å²) in [5.74, 6) is 0.967. The van der Waals surface area contributed by atoms with Gasteiger partial charge in [0.05, 0.1) is 0 Å². The largest absolute Gasteiger partial charge is 0.312 e. The fourth-order valence-electron chi connectivity index (χ4n) is 3.23. The molecule has 2 nitrogen and oxygen atoms in total. The molecule has 2 aliphatic rings. The number of likely N-dealkylation sites (N-methyl/N-ethyl adjacent to an activating group) is 1. The number of hydrogen-bond donors (Lipinski definition) is 1. The van der Waals surface area contributed by atoms with Crippen LogP contribution < -0.4 is 5.32 Å². The Morgan fingerprint density at radius 2 is 1.75 bits per heavy atom. The zero-order valence-electron chi connectivity index (χ0n) is 10.9. The molecule has 0 aromatic heterocycles. The molecule has 0 spiro atoms. The maximum absolute atomic E-state index is 3.81. The van der Waals surface area contributed by atoms with E-state index in [1.165, 1.54) is 71.0 Å². The van der Waals surface area contributed by atoms with Crippen LogP contribution >= 0.6 is 0 Å². The van der Waals surface area contributed by atoms with E-state index in [1.807, 2.05) is 0 Å². The van der Waals surface area contributed by atoms with Crippen molar-refractivity contribution in [2.45, 2.75) is 57.4 Å². The van der Waals surface area contributed by atoms with E-state index in [0.717, 1.165) is 12.0 Å². The molecule has 0 bridgehead atoms. The highest BCUT2D eigenvalue weighted by Gasteiger charge is 2.18. The highest BCUT2D eigenvalue weighted by molar-refractivity contribution is 4.78. The lowest BCUT2D eigenvalue weighted by atomic mass is 9.99. The van der Waals surface area contributed by atoms with Crippen LogP contribution in [0.1, 0.15) is 51.4 Å². The summed E-state index contributed by atoms with van der Waals surface area (Å²) < 4.78 is 0. The van der Waals surface area contributed by atoms with Gasteiger partial charge in [0.2, 0.25) is 0 Å². The van der Waals surface area contributed by atoms with Crippen LogP contribution in [0.3, 0.4) is 0 Å². The first kappa shape index (κ1) is 12.4. The minimum Gasteiger partial charge on any atom is -0.312 e. The average Bonchev–Trinajstić information content (AvgIpc) is 2.55. The van der Waals surface area contributed by atoms with Crippen molar-refractivity contribution in [2.75, 3.05) is 26.7 Å². The maximum atomic E-state index is 3.81. The molecule has 0 aromatic rings. The first-order chi connectivity index (χ1) is 7.84. The Morgan fingerprint density at radius 1 is 1.00 bits per heavy atom. The van der Waals surface area contributed by atoms with Gasteiger partial charge in [-0.25, -0.2) is 0 Å². The third-order valence-corrected chi connectivity index (χ3v) is 4.29. The van der Waals surface area contributed by atoms with Gasteiger partial charge in [-0.2, -0.15) is 0 Å². The number of rotatable bonds is 3. The van der Waals surface area contributed by atoms with E-state index >= 15 is 0 Å². The molecule has 1 saturated heterocycles. The molecule has 94 valence electrons. The van der Waals surface area contributed by atoms with Crippen molar-refractivity contribution in [1.29, 1.82) is 0 Å². The highest BCUT2D eigenvalue weighted by atomic mass is 15.1. The lowest BCUT2D eigenvalue weighted by Crippen LogP contribution is -2.45. The van der Waals surface area contributed by atoms with E-state index in [9.17, 15) is 0 Å². The van der Waals surface area contributed by atoms with Crippen molar-refractivity contribution < 1.29 is 0 Å². The molecule has 0 aromatic carbocycles. The summed E-state index contributed by atoms with van der Waals surface area (Å²) in [7, 11) is 2.25. The number of nitrogens with one attached hydrogen (secondary N) is 1. The lowest BCUT2D eigenvalue weighted by Gasteiger charge is -2.31. The van der Waals surface area contributed by atoms with Crippen molar-refractivity contribution in [3.05, 3.63) is 0 Å². The van der Waals surface area contributed by atoms with Crippen LogP contribution in [0.15, 0.2) is 0 Å². The summed E-state index contributed by atoms with van der Waals surface area (Å²) in [6.45, 7) is 3.83. The van der Waals surface area contributed by atoms with E-state index in [-0.39, 0.29) is 0 Å². The van der Waals surface area contributed by atoms with E-state index in [4.69, 9.17) is 0 Å². The van der Waals surface area contributed by atoms with Crippen molar-refractivity contribution in [2.24, 2.45) is 5.92 Å². The van der Waals surface area contributed by atoms with Gasteiger partial charge in [0.1, 0.15) is 0 Å². The lowest BCUT2D eigenvalue weighted by molar-refractivity contribution is 0.220. The molecule has 0 amide bonds. The van der Waals surface area contributed by atoms with Gasteiger partial charge in [0.15, 0.2) is 0 Å². The van der Waals surface area contributed by atoms with Crippen molar-refractivity contribution in [1.82, 2.24) is 10.2 Å². The van der Waals surface area contributed by atoms with Crippen LogP contribution in [-0.4, -0.2) is 37.6 Å². The second kappa shape index (κ2) is 6.61. The van der Waals surface area contributed by atoms with Gasteiger partial charge in [-0.05, 0) is 51.7 Å². The topological polar surface area (TPSA) is 15.3 Å². The summed E-state index contributed by atoms with van der Waals surface area (Å²) >= 11 is 0. The number of likely N-dealkylation sites (tertiary alicyclic amines) is 1. The predicted molar refractivity (Wildman–Crippen MR) is 69.7 cm³/mol. The zero-order valence-corrected chi connectivity index (χ0v) is 10.9. The molecule has 2 rings (SSSR count). The van der Waals surface area contributed by atoms with Crippen LogP contribution in [-0.2, 0) is 0 Å². The Hall–Kier alpha value is -0.0800. The van der Waals surface area contributed by atoms with E-state index < -0.39 is 0 Å². The van der Waals surface area contributed by atoms with Crippen LogP contribution in [0.5, 0.6) is 0 Å². The van der Waals surface area contributed by atoms with E-state index in [0.29, 0.717) is 0 Å². The first-order valence-electron chi connectivity index (χ1n) is 7.26. The fourth-order valence-corrected chi connectivity index (χ4v) is 3.23. The minimum absolute atomic E-state index is 0.766. The first-order valence-corrected chi connectivity index (χ1v) is 7.26. The van der Waals surface area contributed by atoms with E-state index in [2.05, 4.69) is 17.3 Å². The molecule has 1 aliphatic carbocycles. The van der Waals surface area contributed by atoms with Crippen LogP contribution in [0, 0.1) is 5.92 Å². The van der Waals surface area contributed by atoms with E-state index in [1.54, 1.807) is 0 Å². The molecule has 1 heterocycles. The van der Waals surface area contributed by atoms with Crippen LogP contribution in [0.25, 0.3) is 0 Å². The molecular formula is C14H28N2. The van der Waals surface area contributed by atoms with Crippen molar-refractivity contribution in [3.8, 4) is 0 Å². The quantitative estimate of drug-likeness (QED) is 0.741. The molecule has 2 heteroatoms. The SMILES string of the molecule is CN1CCCC(NCC2CCCCCC2)C1. The Morgan fingerprint density at radius 3 is 2.44 bits per heavy atom. The molecule has 1 unspecified atom stereocenters. The van der Waals surface area contributed by atoms with Gasteiger partial charge in [0, 0.05) is 12.6 Å². The zero-order chi connectivity index (χ0) is 11.2. The van der Waals surface area contributed by atoms with Gasteiger partial charge < -0.3 is 10.2 Å². The number of hydrogen-bond acceptors (Lipinski definition) is 2. The Bertz CT molecular complexity index is 183. The predicted octanol–water partition coefficient (Wildman–Crippen LogP) is 2.64. The average molecular weight is 224 g/mol. The second-order valence-electron chi connectivity index (χ2n) is 5.87.